The van der Waals surface area contributed by atoms with Gasteiger partial charge in [0.05, 0.1) is 37.6 Å². The molecule has 2 rings (SSSR count). The highest BCUT2D eigenvalue weighted by Gasteiger charge is 2.36. The molecule has 0 aromatic heterocycles. The molecule has 1 fully saturated rings. The summed E-state index contributed by atoms with van der Waals surface area (Å²) in [7, 11) is -0.111. The van der Waals surface area contributed by atoms with Crippen molar-refractivity contribution in [3.05, 3.63) is 23.8 Å². The third-order valence-corrected chi connectivity index (χ3v) is 5.89. The van der Waals surface area contributed by atoms with E-state index in [-0.39, 0.29) is 23.8 Å². The number of hydrogen-bond donors (Lipinski definition) is 1. The van der Waals surface area contributed by atoms with Crippen molar-refractivity contribution in [1.82, 2.24) is 5.32 Å². The van der Waals surface area contributed by atoms with E-state index in [0.717, 1.165) is 0 Å². The summed E-state index contributed by atoms with van der Waals surface area (Å²) in [5.41, 5.74) is 0.456. The number of carbonyl (C=O) groups excluding carboxylic acids is 1. The lowest BCUT2D eigenvalue weighted by Gasteiger charge is -2.14. The molecule has 0 saturated carbocycles. The number of carbonyl (C=O) groups is 1. The average Bonchev–Trinajstić information content (AvgIpc) is 2.76. The van der Waals surface area contributed by atoms with Crippen LogP contribution in [0.5, 0.6) is 11.5 Å². The first-order valence-electron chi connectivity index (χ1n) is 6.69. The van der Waals surface area contributed by atoms with Crippen molar-refractivity contribution in [1.29, 1.82) is 0 Å². The van der Waals surface area contributed by atoms with E-state index in [4.69, 9.17) is 21.1 Å². The van der Waals surface area contributed by atoms with Gasteiger partial charge in [0.1, 0.15) is 0 Å². The standard InChI is InChI=1S/C14H18ClNO5S/c1-20-13-4-3-9(5-14(13)21-2)12(17)6-16-11-8-22(18,19)7-10(11)15/h3-5,10-11,16H,6-8H2,1-2H3/t10-,11-/m1/s1. The fourth-order valence-corrected chi connectivity index (χ4v) is 4.94. The van der Waals surface area contributed by atoms with Crippen LogP contribution >= 0.6 is 11.6 Å². The Morgan fingerprint density at radius 2 is 1.95 bits per heavy atom. The molecular formula is C14H18ClNO5S. The van der Waals surface area contributed by atoms with Crippen LogP contribution in [0.1, 0.15) is 10.4 Å². The second kappa shape index (κ2) is 6.85. The molecule has 0 bridgehead atoms. The number of rotatable bonds is 6. The Kier molecular flexibility index (Phi) is 5.31. The number of ketones is 1. The van der Waals surface area contributed by atoms with E-state index >= 15 is 0 Å². The zero-order valence-corrected chi connectivity index (χ0v) is 13.9. The molecular weight excluding hydrogens is 330 g/mol. The summed E-state index contributed by atoms with van der Waals surface area (Å²) in [4.78, 5) is 12.2. The number of alkyl halides is 1. The van der Waals surface area contributed by atoms with E-state index in [1.54, 1.807) is 18.2 Å². The largest absolute Gasteiger partial charge is 0.493 e. The lowest BCUT2D eigenvalue weighted by Crippen LogP contribution is -2.39. The SMILES string of the molecule is COc1ccc(C(=O)CN[C@@H]2CS(=O)(=O)C[C@H]2Cl)cc1OC. The van der Waals surface area contributed by atoms with Gasteiger partial charge >= 0.3 is 0 Å². The van der Waals surface area contributed by atoms with Crippen molar-refractivity contribution in [2.45, 2.75) is 11.4 Å². The molecule has 1 aliphatic heterocycles. The average molecular weight is 348 g/mol. The number of hydrogen-bond acceptors (Lipinski definition) is 6. The Morgan fingerprint density at radius 1 is 1.27 bits per heavy atom. The molecule has 8 heteroatoms. The third-order valence-electron chi connectivity index (χ3n) is 3.51. The van der Waals surface area contributed by atoms with Gasteiger partial charge in [-0.05, 0) is 18.2 Å². The molecule has 22 heavy (non-hydrogen) atoms. The zero-order valence-electron chi connectivity index (χ0n) is 12.3. The fourth-order valence-electron chi connectivity index (χ4n) is 2.33. The Balaban J connectivity index is 2.01. The molecule has 1 heterocycles. The molecule has 2 atom stereocenters. The molecule has 1 aliphatic rings. The lowest BCUT2D eigenvalue weighted by atomic mass is 10.1. The van der Waals surface area contributed by atoms with E-state index in [0.29, 0.717) is 17.1 Å². The molecule has 1 N–H and O–H groups in total. The summed E-state index contributed by atoms with van der Waals surface area (Å²) in [5, 5.41) is 2.41. The highest BCUT2D eigenvalue weighted by molar-refractivity contribution is 7.91. The molecule has 1 saturated heterocycles. The minimum atomic E-state index is -3.12. The maximum atomic E-state index is 12.2. The van der Waals surface area contributed by atoms with Crippen LogP contribution in [-0.2, 0) is 9.84 Å². The summed E-state index contributed by atoms with van der Waals surface area (Å²) in [6.07, 6.45) is 0. The van der Waals surface area contributed by atoms with Crippen LogP contribution in [0.25, 0.3) is 0 Å². The number of benzene rings is 1. The quantitative estimate of drug-likeness (QED) is 0.607. The van der Waals surface area contributed by atoms with Crippen molar-refractivity contribution in [2.75, 3.05) is 32.3 Å². The fraction of sp³-hybridized carbons (Fsp3) is 0.500. The molecule has 1 aromatic rings. The van der Waals surface area contributed by atoms with Gasteiger partial charge in [-0.15, -0.1) is 11.6 Å². The van der Waals surface area contributed by atoms with Gasteiger partial charge in [0.2, 0.25) is 0 Å². The summed E-state index contributed by atoms with van der Waals surface area (Å²) in [6, 6.07) is 4.47. The van der Waals surface area contributed by atoms with Crippen LogP contribution < -0.4 is 14.8 Å². The monoisotopic (exact) mass is 347 g/mol. The first-order chi connectivity index (χ1) is 10.4. The Morgan fingerprint density at radius 3 is 2.50 bits per heavy atom. The van der Waals surface area contributed by atoms with Crippen molar-refractivity contribution in [3.63, 3.8) is 0 Å². The molecule has 122 valence electrons. The van der Waals surface area contributed by atoms with Crippen molar-refractivity contribution in [3.8, 4) is 11.5 Å². The maximum absolute atomic E-state index is 12.2. The number of methoxy groups -OCH3 is 2. The maximum Gasteiger partial charge on any atom is 0.176 e. The van der Waals surface area contributed by atoms with Gasteiger partial charge in [-0.2, -0.15) is 0 Å². The van der Waals surface area contributed by atoms with E-state index in [1.807, 2.05) is 0 Å². The van der Waals surface area contributed by atoms with E-state index in [2.05, 4.69) is 5.32 Å². The number of sulfone groups is 1. The van der Waals surface area contributed by atoms with Gasteiger partial charge in [-0.3, -0.25) is 4.79 Å². The number of ether oxygens (including phenoxy) is 2. The summed E-state index contributed by atoms with van der Waals surface area (Å²) >= 11 is 5.99. The molecule has 0 unspecified atom stereocenters. The van der Waals surface area contributed by atoms with Crippen LogP contribution in [0.2, 0.25) is 0 Å². The van der Waals surface area contributed by atoms with E-state index < -0.39 is 21.3 Å². The molecule has 0 amide bonds. The van der Waals surface area contributed by atoms with Gasteiger partial charge < -0.3 is 14.8 Å². The summed E-state index contributed by atoms with van der Waals surface area (Å²) < 4.78 is 33.2. The zero-order chi connectivity index (χ0) is 16.3. The Hall–Kier alpha value is -1.31. The third kappa shape index (κ3) is 3.91. The van der Waals surface area contributed by atoms with Crippen LogP contribution in [0.3, 0.4) is 0 Å². The number of nitrogens with one attached hydrogen (secondary N) is 1. The topological polar surface area (TPSA) is 81.7 Å². The van der Waals surface area contributed by atoms with Crippen molar-refractivity contribution < 1.29 is 22.7 Å². The second-order valence-electron chi connectivity index (χ2n) is 5.07. The molecule has 1 aromatic carbocycles. The van der Waals surface area contributed by atoms with Gasteiger partial charge in [-0.25, -0.2) is 8.42 Å². The first kappa shape index (κ1) is 17.1. The van der Waals surface area contributed by atoms with Gasteiger partial charge in [-0.1, -0.05) is 0 Å². The van der Waals surface area contributed by atoms with Gasteiger partial charge in [0.25, 0.3) is 0 Å². The van der Waals surface area contributed by atoms with Crippen molar-refractivity contribution in [2.24, 2.45) is 0 Å². The molecule has 6 nitrogen and oxygen atoms in total. The molecule has 0 radical (unpaired) electrons. The minimum absolute atomic E-state index is 0.0128. The van der Waals surface area contributed by atoms with Crippen LogP contribution in [0, 0.1) is 0 Å². The smallest absolute Gasteiger partial charge is 0.176 e. The van der Waals surface area contributed by atoms with E-state index in [9.17, 15) is 13.2 Å². The molecule has 0 aliphatic carbocycles. The number of halogens is 1. The van der Waals surface area contributed by atoms with Crippen LogP contribution in [0.15, 0.2) is 18.2 Å². The van der Waals surface area contributed by atoms with Gasteiger partial charge in [0, 0.05) is 11.6 Å². The summed E-state index contributed by atoms with van der Waals surface area (Å²) in [5.74, 6) is 0.729. The highest BCUT2D eigenvalue weighted by atomic mass is 35.5. The number of Topliss-reactive ketones (excluding diaryl/α,β-unsaturated/α-hetero) is 1. The Labute approximate surface area is 134 Å². The normalized spacial score (nSPS) is 23.2. The minimum Gasteiger partial charge on any atom is -0.493 e. The highest BCUT2D eigenvalue weighted by Crippen LogP contribution is 2.27. The van der Waals surface area contributed by atoms with Crippen molar-refractivity contribution >= 4 is 27.2 Å². The van der Waals surface area contributed by atoms with E-state index in [1.165, 1.54) is 14.2 Å². The predicted molar refractivity (Wildman–Crippen MR) is 84.0 cm³/mol. The van der Waals surface area contributed by atoms with Crippen LogP contribution in [-0.4, -0.2) is 57.9 Å². The first-order valence-corrected chi connectivity index (χ1v) is 8.95. The van der Waals surface area contributed by atoms with Gasteiger partial charge in [0.15, 0.2) is 27.1 Å². The van der Waals surface area contributed by atoms with Crippen LogP contribution in [0.4, 0.5) is 0 Å². The lowest BCUT2D eigenvalue weighted by molar-refractivity contribution is 0.0988. The summed E-state index contributed by atoms with van der Waals surface area (Å²) in [6.45, 7) is 0.0128. The predicted octanol–water partition coefficient (Wildman–Crippen LogP) is 0.881. The molecule has 0 spiro atoms. The second-order valence-corrected chi connectivity index (χ2v) is 7.79. The Bertz CT molecular complexity index is 661.